The highest BCUT2D eigenvalue weighted by atomic mass is 16.5. The van der Waals surface area contributed by atoms with E-state index in [1.807, 2.05) is 6.92 Å². The first-order valence-corrected chi connectivity index (χ1v) is 9.55. The number of esters is 1. The van der Waals surface area contributed by atoms with Crippen molar-refractivity contribution in [3.05, 3.63) is 11.6 Å². The standard InChI is InChI=1S/C21H32O4/c1-18(2)9-6-10-20(4)16(18)8-7-15(14-22)21(20)12-11-19(3,25-21)13-17(23)24-5/h7,14,16H,6,8-13H2,1-5H3/t16-,19-,20-,21+/m0/s1. The van der Waals surface area contributed by atoms with E-state index in [0.717, 1.165) is 44.0 Å². The van der Waals surface area contributed by atoms with Crippen molar-refractivity contribution < 1.29 is 19.1 Å². The molecule has 0 aromatic heterocycles. The average molecular weight is 348 g/mol. The molecule has 1 spiro atoms. The maximum absolute atomic E-state index is 11.9. The van der Waals surface area contributed by atoms with Crippen LogP contribution in [0, 0.1) is 16.7 Å². The summed E-state index contributed by atoms with van der Waals surface area (Å²) in [6.45, 7) is 9.01. The summed E-state index contributed by atoms with van der Waals surface area (Å²) >= 11 is 0. The first-order valence-electron chi connectivity index (χ1n) is 9.55. The number of hydrogen-bond acceptors (Lipinski definition) is 4. The highest BCUT2D eigenvalue weighted by molar-refractivity contribution is 5.78. The molecule has 3 rings (SSSR count). The molecule has 0 bridgehead atoms. The van der Waals surface area contributed by atoms with E-state index < -0.39 is 11.2 Å². The maximum Gasteiger partial charge on any atom is 0.308 e. The Hall–Kier alpha value is -1.16. The zero-order valence-corrected chi connectivity index (χ0v) is 16.3. The molecule has 1 heterocycles. The summed E-state index contributed by atoms with van der Waals surface area (Å²) in [4.78, 5) is 23.8. The first-order chi connectivity index (χ1) is 11.6. The van der Waals surface area contributed by atoms with Crippen LogP contribution < -0.4 is 0 Å². The molecule has 1 aliphatic heterocycles. The van der Waals surface area contributed by atoms with Crippen LogP contribution in [0.1, 0.15) is 72.6 Å². The quantitative estimate of drug-likeness (QED) is 0.566. The molecule has 0 radical (unpaired) electrons. The number of fused-ring (bicyclic) bond motifs is 2. The molecule has 2 fully saturated rings. The summed E-state index contributed by atoms with van der Waals surface area (Å²) in [5.41, 5.74) is -0.194. The molecule has 4 heteroatoms. The Labute approximate surface area is 151 Å². The van der Waals surface area contributed by atoms with Crippen LogP contribution in [0.2, 0.25) is 0 Å². The normalized spacial score (nSPS) is 42.6. The molecule has 0 unspecified atom stereocenters. The molecule has 25 heavy (non-hydrogen) atoms. The van der Waals surface area contributed by atoms with Gasteiger partial charge in [-0.1, -0.05) is 33.3 Å². The van der Waals surface area contributed by atoms with E-state index in [1.165, 1.54) is 13.5 Å². The van der Waals surface area contributed by atoms with Crippen LogP contribution in [0.3, 0.4) is 0 Å². The Balaban J connectivity index is 2.03. The Kier molecular flexibility index (Phi) is 4.42. The van der Waals surface area contributed by atoms with Crippen molar-refractivity contribution in [2.75, 3.05) is 7.11 Å². The Bertz CT molecular complexity index is 607. The highest BCUT2D eigenvalue weighted by Gasteiger charge is 2.65. The fraction of sp³-hybridized carbons (Fsp3) is 0.810. The molecule has 140 valence electrons. The summed E-state index contributed by atoms with van der Waals surface area (Å²) in [5, 5.41) is 0. The van der Waals surface area contributed by atoms with E-state index in [-0.39, 0.29) is 23.2 Å². The molecule has 4 atom stereocenters. The molecular weight excluding hydrogens is 316 g/mol. The van der Waals surface area contributed by atoms with E-state index in [4.69, 9.17) is 9.47 Å². The fourth-order valence-corrected chi connectivity index (χ4v) is 6.14. The first kappa shape index (κ1) is 18.6. The Morgan fingerprint density at radius 3 is 2.60 bits per heavy atom. The fourth-order valence-electron chi connectivity index (χ4n) is 6.14. The predicted octanol–water partition coefficient (Wildman–Crippen LogP) is 4.22. The molecule has 0 aromatic rings. The van der Waals surface area contributed by atoms with Gasteiger partial charge in [-0.3, -0.25) is 9.59 Å². The molecule has 1 saturated carbocycles. The third-order valence-electron chi connectivity index (χ3n) is 7.49. The lowest BCUT2D eigenvalue weighted by Crippen LogP contribution is -2.60. The Morgan fingerprint density at radius 1 is 1.24 bits per heavy atom. The molecular formula is C21H32O4. The van der Waals surface area contributed by atoms with Gasteiger partial charge in [0.15, 0.2) is 0 Å². The van der Waals surface area contributed by atoms with Crippen molar-refractivity contribution >= 4 is 12.3 Å². The van der Waals surface area contributed by atoms with Crippen LogP contribution >= 0.6 is 0 Å². The molecule has 0 aromatic carbocycles. The zero-order chi connectivity index (χ0) is 18.5. The third kappa shape index (κ3) is 2.68. The lowest BCUT2D eigenvalue weighted by Gasteiger charge is -2.60. The van der Waals surface area contributed by atoms with Crippen molar-refractivity contribution in [2.24, 2.45) is 16.7 Å². The zero-order valence-electron chi connectivity index (χ0n) is 16.3. The number of aldehydes is 1. The smallest absolute Gasteiger partial charge is 0.308 e. The van der Waals surface area contributed by atoms with Gasteiger partial charge in [0.1, 0.15) is 11.9 Å². The van der Waals surface area contributed by atoms with Crippen molar-refractivity contribution in [1.29, 1.82) is 0 Å². The lowest BCUT2D eigenvalue weighted by atomic mass is 9.46. The van der Waals surface area contributed by atoms with E-state index in [2.05, 4.69) is 26.8 Å². The molecule has 1 saturated heterocycles. The van der Waals surface area contributed by atoms with Crippen molar-refractivity contribution in [3.8, 4) is 0 Å². The summed E-state index contributed by atoms with van der Waals surface area (Å²) in [6.07, 6.45) is 9.30. The second-order valence-electron chi connectivity index (χ2n) is 9.46. The summed E-state index contributed by atoms with van der Waals surface area (Å²) < 4.78 is 11.6. The summed E-state index contributed by atoms with van der Waals surface area (Å²) in [5.74, 6) is 0.232. The van der Waals surface area contributed by atoms with E-state index in [9.17, 15) is 9.59 Å². The monoisotopic (exact) mass is 348 g/mol. The summed E-state index contributed by atoms with van der Waals surface area (Å²) in [6, 6.07) is 0. The minimum Gasteiger partial charge on any atom is -0.469 e. The van der Waals surface area contributed by atoms with Gasteiger partial charge in [0.05, 0.1) is 19.1 Å². The minimum absolute atomic E-state index is 0.0758. The van der Waals surface area contributed by atoms with Crippen LogP contribution in [0.5, 0.6) is 0 Å². The van der Waals surface area contributed by atoms with Gasteiger partial charge in [0.25, 0.3) is 0 Å². The van der Waals surface area contributed by atoms with Crippen LogP contribution in [0.15, 0.2) is 11.6 Å². The number of rotatable bonds is 3. The average Bonchev–Trinajstić information content (AvgIpc) is 2.88. The topological polar surface area (TPSA) is 52.6 Å². The second-order valence-corrected chi connectivity index (χ2v) is 9.46. The van der Waals surface area contributed by atoms with Gasteiger partial charge in [-0.05, 0) is 50.4 Å². The second kappa shape index (κ2) is 5.94. The largest absolute Gasteiger partial charge is 0.469 e. The number of carbonyl (C=O) groups excluding carboxylic acids is 2. The number of carbonyl (C=O) groups is 2. The van der Waals surface area contributed by atoms with Gasteiger partial charge >= 0.3 is 5.97 Å². The van der Waals surface area contributed by atoms with Crippen LogP contribution in [-0.4, -0.2) is 30.6 Å². The van der Waals surface area contributed by atoms with Crippen molar-refractivity contribution in [3.63, 3.8) is 0 Å². The number of methoxy groups -OCH3 is 1. The SMILES string of the molecule is COC(=O)C[C@]1(C)CC[C@@]2(O1)C(C=O)=CC[C@H]1C(C)(C)CCC[C@@]12C. The van der Waals surface area contributed by atoms with Gasteiger partial charge in [0.2, 0.25) is 0 Å². The molecule has 3 aliphatic rings. The highest BCUT2D eigenvalue weighted by Crippen LogP contribution is 2.66. The van der Waals surface area contributed by atoms with Gasteiger partial charge in [-0.15, -0.1) is 0 Å². The van der Waals surface area contributed by atoms with E-state index in [0.29, 0.717) is 5.92 Å². The maximum atomic E-state index is 11.9. The van der Waals surface area contributed by atoms with Gasteiger partial charge in [-0.2, -0.15) is 0 Å². The van der Waals surface area contributed by atoms with E-state index in [1.54, 1.807) is 0 Å². The number of ether oxygens (including phenoxy) is 2. The van der Waals surface area contributed by atoms with Gasteiger partial charge in [0, 0.05) is 11.0 Å². The van der Waals surface area contributed by atoms with Crippen LogP contribution in [0.25, 0.3) is 0 Å². The number of hydrogen-bond donors (Lipinski definition) is 0. The van der Waals surface area contributed by atoms with Crippen LogP contribution in [-0.2, 0) is 19.1 Å². The number of allylic oxidation sites excluding steroid dienone is 1. The minimum atomic E-state index is -0.571. The molecule has 0 N–H and O–H groups in total. The van der Waals surface area contributed by atoms with Gasteiger partial charge in [-0.25, -0.2) is 0 Å². The molecule has 4 nitrogen and oxygen atoms in total. The van der Waals surface area contributed by atoms with Gasteiger partial charge < -0.3 is 9.47 Å². The molecule has 0 amide bonds. The summed E-state index contributed by atoms with van der Waals surface area (Å²) in [7, 11) is 1.41. The van der Waals surface area contributed by atoms with Crippen LogP contribution in [0.4, 0.5) is 0 Å². The Morgan fingerprint density at radius 2 is 1.96 bits per heavy atom. The van der Waals surface area contributed by atoms with Crippen molar-refractivity contribution in [1.82, 2.24) is 0 Å². The third-order valence-corrected chi connectivity index (χ3v) is 7.49. The lowest BCUT2D eigenvalue weighted by molar-refractivity contribution is -0.193. The molecule has 2 aliphatic carbocycles. The van der Waals surface area contributed by atoms with E-state index >= 15 is 0 Å². The predicted molar refractivity (Wildman–Crippen MR) is 96.1 cm³/mol. The van der Waals surface area contributed by atoms with Crippen molar-refractivity contribution in [2.45, 2.75) is 83.8 Å².